The Bertz CT molecular complexity index is 1350. The van der Waals surface area contributed by atoms with Crippen LogP contribution in [-0.4, -0.2) is 51.4 Å². The molecule has 190 valence electrons. The maximum absolute atomic E-state index is 14.7. The van der Waals surface area contributed by atoms with Crippen molar-refractivity contribution in [3.05, 3.63) is 83.2 Å². The molecule has 0 aliphatic carbocycles. The van der Waals surface area contributed by atoms with Crippen molar-refractivity contribution < 1.29 is 22.3 Å². The van der Waals surface area contributed by atoms with Crippen LogP contribution in [0.3, 0.4) is 0 Å². The molecule has 1 amide bonds. The smallest absolute Gasteiger partial charge is 0.255 e. The monoisotopic (exact) mass is 511 g/mol. The predicted octanol–water partition coefficient (Wildman–Crippen LogP) is 4.60. The second-order valence-electron chi connectivity index (χ2n) is 8.67. The number of anilines is 2. The molecule has 3 aromatic carbocycles. The number of nitrogens with zero attached hydrogens (tertiary/aromatic N) is 2. The first-order valence-electron chi connectivity index (χ1n) is 11.9. The van der Waals surface area contributed by atoms with Gasteiger partial charge in [0.05, 0.1) is 6.61 Å². The van der Waals surface area contributed by atoms with Gasteiger partial charge in [0.25, 0.3) is 5.91 Å². The lowest BCUT2D eigenvalue weighted by Gasteiger charge is -2.36. The van der Waals surface area contributed by atoms with Gasteiger partial charge in [-0.15, -0.1) is 0 Å². The lowest BCUT2D eigenvalue weighted by atomic mass is 10.1. The molecule has 1 fully saturated rings. The molecule has 0 unspecified atom stereocenters. The average molecular weight is 512 g/mol. The van der Waals surface area contributed by atoms with E-state index in [9.17, 15) is 17.6 Å². The molecule has 0 atom stereocenters. The van der Waals surface area contributed by atoms with Crippen LogP contribution in [0.2, 0.25) is 0 Å². The van der Waals surface area contributed by atoms with E-state index >= 15 is 0 Å². The molecule has 0 radical (unpaired) electrons. The normalized spacial score (nSPS) is 14.5. The maximum atomic E-state index is 14.7. The van der Waals surface area contributed by atoms with Crippen LogP contribution in [0.1, 0.15) is 28.4 Å². The third-order valence-corrected chi connectivity index (χ3v) is 8.30. The molecular weight excluding hydrogens is 481 g/mol. The zero-order chi connectivity index (χ0) is 25.9. The van der Waals surface area contributed by atoms with Crippen molar-refractivity contribution in [2.24, 2.45) is 0 Å². The van der Waals surface area contributed by atoms with Gasteiger partial charge in [0.15, 0.2) is 0 Å². The SMILES string of the molecule is CCOc1ccc(NC(=O)c2ccc(F)c(S(=O)(=O)N3CCN(c4cccc(C)c4C)CC3)c2)cc1. The average Bonchev–Trinajstić information content (AvgIpc) is 2.87. The van der Waals surface area contributed by atoms with Crippen LogP contribution in [0.15, 0.2) is 65.6 Å². The first-order chi connectivity index (χ1) is 17.2. The molecule has 0 bridgehead atoms. The second kappa shape index (κ2) is 10.7. The van der Waals surface area contributed by atoms with E-state index in [1.807, 2.05) is 39.0 Å². The van der Waals surface area contributed by atoms with Crippen molar-refractivity contribution >= 4 is 27.3 Å². The van der Waals surface area contributed by atoms with Crippen LogP contribution in [0.4, 0.5) is 15.8 Å². The van der Waals surface area contributed by atoms with E-state index in [4.69, 9.17) is 4.74 Å². The van der Waals surface area contributed by atoms with Crippen LogP contribution in [0, 0.1) is 19.7 Å². The topological polar surface area (TPSA) is 78.9 Å². The fourth-order valence-corrected chi connectivity index (χ4v) is 5.75. The van der Waals surface area contributed by atoms with Crippen molar-refractivity contribution in [2.45, 2.75) is 25.7 Å². The van der Waals surface area contributed by atoms with Crippen LogP contribution in [0.5, 0.6) is 5.75 Å². The lowest BCUT2D eigenvalue weighted by molar-refractivity contribution is 0.102. The number of hydrogen-bond donors (Lipinski definition) is 1. The molecule has 1 aliphatic rings. The van der Waals surface area contributed by atoms with Gasteiger partial charge in [0.2, 0.25) is 10.0 Å². The van der Waals surface area contributed by atoms with E-state index in [1.165, 1.54) is 15.9 Å². The van der Waals surface area contributed by atoms with Crippen LogP contribution >= 0.6 is 0 Å². The van der Waals surface area contributed by atoms with Crippen molar-refractivity contribution in [2.75, 3.05) is 43.0 Å². The molecule has 36 heavy (non-hydrogen) atoms. The Balaban J connectivity index is 1.48. The molecule has 9 heteroatoms. The number of rotatable bonds is 7. The number of sulfonamides is 1. The van der Waals surface area contributed by atoms with Gasteiger partial charge in [-0.2, -0.15) is 4.31 Å². The number of halogens is 1. The Labute approximate surface area is 211 Å². The summed E-state index contributed by atoms with van der Waals surface area (Å²) >= 11 is 0. The van der Waals surface area contributed by atoms with Crippen molar-refractivity contribution in [3.63, 3.8) is 0 Å². The molecule has 1 heterocycles. The number of benzene rings is 3. The number of nitrogens with one attached hydrogen (secondary N) is 1. The van der Waals surface area contributed by atoms with Gasteiger partial charge in [-0.1, -0.05) is 12.1 Å². The highest BCUT2D eigenvalue weighted by Gasteiger charge is 2.31. The maximum Gasteiger partial charge on any atom is 0.255 e. The predicted molar refractivity (Wildman–Crippen MR) is 139 cm³/mol. The van der Waals surface area contributed by atoms with E-state index in [1.54, 1.807) is 24.3 Å². The van der Waals surface area contributed by atoms with Gasteiger partial charge in [-0.25, -0.2) is 12.8 Å². The quantitative estimate of drug-likeness (QED) is 0.502. The van der Waals surface area contributed by atoms with Crippen molar-refractivity contribution in [3.8, 4) is 5.75 Å². The fourth-order valence-electron chi connectivity index (χ4n) is 4.23. The summed E-state index contributed by atoms with van der Waals surface area (Å²) in [5.41, 5.74) is 3.97. The number of hydrogen-bond acceptors (Lipinski definition) is 5. The third kappa shape index (κ3) is 5.37. The Morgan fingerprint density at radius 2 is 1.69 bits per heavy atom. The molecule has 7 nitrogen and oxygen atoms in total. The number of ether oxygens (including phenoxy) is 1. The summed E-state index contributed by atoms with van der Waals surface area (Å²) in [6.45, 7) is 7.91. The molecule has 0 spiro atoms. The number of carbonyl (C=O) groups is 1. The zero-order valence-corrected chi connectivity index (χ0v) is 21.4. The first kappa shape index (κ1) is 25.7. The van der Waals surface area contributed by atoms with Crippen LogP contribution < -0.4 is 15.0 Å². The summed E-state index contributed by atoms with van der Waals surface area (Å²) in [4.78, 5) is 14.4. The van der Waals surface area contributed by atoms with Gasteiger partial charge in [-0.05, 0) is 80.4 Å². The Morgan fingerprint density at radius 1 is 1.00 bits per heavy atom. The summed E-state index contributed by atoms with van der Waals surface area (Å²) in [5.74, 6) is -0.747. The summed E-state index contributed by atoms with van der Waals surface area (Å²) in [5, 5.41) is 2.71. The fraction of sp³-hybridized carbons (Fsp3) is 0.296. The first-order valence-corrected chi connectivity index (χ1v) is 13.3. The van der Waals surface area contributed by atoms with Crippen molar-refractivity contribution in [1.29, 1.82) is 0 Å². The van der Waals surface area contributed by atoms with Gasteiger partial charge in [0.1, 0.15) is 16.5 Å². The summed E-state index contributed by atoms with van der Waals surface area (Å²) < 4.78 is 48.0. The number of amides is 1. The minimum absolute atomic E-state index is 0.0536. The third-order valence-electron chi connectivity index (χ3n) is 6.39. The minimum atomic E-state index is -4.12. The molecule has 4 rings (SSSR count). The Hall–Kier alpha value is -3.43. The standard InChI is InChI=1S/C27H30FN3O4S/c1-4-35-23-11-9-22(10-12-23)29-27(32)21-8-13-24(28)26(18-21)36(33,34)31-16-14-30(15-17-31)25-7-5-6-19(2)20(25)3/h5-13,18H,4,14-17H2,1-3H3,(H,29,32). The van der Waals surface area contributed by atoms with E-state index in [0.717, 1.165) is 23.4 Å². The minimum Gasteiger partial charge on any atom is -0.494 e. The molecule has 0 saturated carbocycles. The van der Waals surface area contributed by atoms with E-state index in [-0.39, 0.29) is 18.7 Å². The van der Waals surface area contributed by atoms with Crippen molar-refractivity contribution in [1.82, 2.24) is 4.31 Å². The highest BCUT2D eigenvalue weighted by atomic mass is 32.2. The van der Waals surface area contributed by atoms with Gasteiger partial charge in [-0.3, -0.25) is 4.79 Å². The van der Waals surface area contributed by atoms with E-state index in [2.05, 4.69) is 10.2 Å². The molecular formula is C27H30FN3O4S. The van der Waals surface area contributed by atoms with Gasteiger partial charge < -0.3 is 15.0 Å². The number of carbonyl (C=O) groups excluding carboxylic acids is 1. The molecule has 1 saturated heterocycles. The van der Waals surface area contributed by atoms with Gasteiger partial charge in [0, 0.05) is 43.1 Å². The largest absolute Gasteiger partial charge is 0.494 e. The molecule has 1 N–H and O–H groups in total. The summed E-state index contributed by atoms with van der Waals surface area (Å²) in [6.07, 6.45) is 0. The number of piperazine rings is 1. The van der Waals surface area contributed by atoms with Crippen LogP contribution in [-0.2, 0) is 10.0 Å². The van der Waals surface area contributed by atoms with Crippen LogP contribution in [0.25, 0.3) is 0 Å². The van der Waals surface area contributed by atoms with E-state index in [0.29, 0.717) is 31.1 Å². The zero-order valence-electron chi connectivity index (χ0n) is 20.6. The molecule has 1 aliphatic heterocycles. The van der Waals surface area contributed by atoms with Gasteiger partial charge >= 0.3 is 0 Å². The second-order valence-corrected chi connectivity index (χ2v) is 10.6. The lowest BCUT2D eigenvalue weighted by Crippen LogP contribution is -2.49. The highest BCUT2D eigenvalue weighted by Crippen LogP contribution is 2.27. The molecule has 0 aromatic heterocycles. The van der Waals surface area contributed by atoms with E-state index < -0.39 is 26.6 Å². The molecule has 3 aromatic rings. The Morgan fingerprint density at radius 3 is 2.36 bits per heavy atom. The number of aryl methyl sites for hydroxylation is 1. The summed E-state index contributed by atoms with van der Waals surface area (Å²) in [6, 6.07) is 16.3. The Kier molecular flexibility index (Phi) is 7.61. The highest BCUT2D eigenvalue weighted by molar-refractivity contribution is 7.89. The summed E-state index contributed by atoms with van der Waals surface area (Å²) in [7, 11) is -4.12.